The van der Waals surface area contributed by atoms with E-state index in [2.05, 4.69) is 11.1 Å². The van der Waals surface area contributed by atoms with Crippen molar-refractivity contribution in [2.45, 2.75) is 45.1 Å². The lowest BCUT2D eigenvalue weighted by Crippen LogP contribution is -2.43. The van der Waals surface area contributed by atoms with E-state index in [1.54, 1.807) is 12.1 Å². The van der Waals surface area contributed by atoms with E-state index < -0.39 is 0 Å². The average molecular weight is 397 g/mol. The minimum Gasteiger partial charge on any atom is -0.341 e. The Balaban J connectivity index is 1.87. The number of likely N-dealkylation sites (N-methyl/N-ethyl adjacent to an activating group) is 1. The molecular weight excluding hydrogens is 372 g/mol. The summed E-state index contributed by atoms with van der Waals surface area (Å²) >= 11 is 1.39. The first kappa shape index (κ1) is 20.0. The van der Waals surface area contributed by atoms with Crippen LogP contribution in [0.4, 0.5) is 10.8 Å². The first-order valence-electron chi connectivity index (χ1n) is 9.49. The topological polar surface area (TPSA) is 77.3 Å². The third kappa shape index (κ3) is 4.39. The zero-order chi connectivity index (χ0) is 20.1. The molecule has 1 fully saturated rings. The number of aromatic nitrogens is 1. The molecule has 0 unspecified atom stereocenters. The molecular formula is C21H24N4O2S. The molecule has 0 N–H and O–H groups in total. The highest BCUT2D eigenvalue weighted by molar-refractivity contribution is 7.15. The second kappa shape index (κ2) is 8.98. The van der Waals surface area contributed by atoms with Crippen LogP contribution in [0.5, 0.6) is 0 Å². The van der Waals surface area contributed by atoms with Gasteiger partial charge in [0.1, 0.15) is 12.2 Å². The number of amides is 1. The number of carbonyl (C=O) groups is 2. The Hall–Kier alpha value is -2.72. The van der Waals surface area contributed by atoms with Crippen molar-refractivity contribution < 1.29 is 9.59 Å². The Kier molecular flexibility index (Phi) is 6.42. The maximum absolute atomic E-state index is 13.0. The average Bonchev–Trinajstić information content (AvgIpc) is 3.12. The molecule has 6 nitrogen and oxygen atoms in total. The van der Waals surface area contributed by atoms with Gasteiger partial charge in [0, 0.05) is 23.7 Å². The van der Waals surface area contributed by atoms with E-state index in [0.717, 1.165) is 42.5 Å². The first-order chi connectivity index (χ1) is 13.5. The first-order valence-corrected chi connectivity index (χ1v) is 10.3. The van der Waals surface area contributed by atoms with E-state index in [4.69, 9.17) is 5.26 Å². The highest BCUT2D eigenvalue weighted by Crippen LogP contribution is 2.31. The fraction of sp³-hybridized carbons (Fsp3) is 0.429. The summed E-state index contributed by atoms with van der Waals surface area (Å²) in [6, 6.07) is 9.45. The van der Waals surface area contributed by atoms with Gasteiger partial charge in [-0.15, -0.1) is 11.3 Å². The maximum atomic E-state index is 13.0. The molecule has 3 rings (SSSR count). The molecule has 1 aliphatic rings. The monoisotopic (exact) mass is 396 g/mol. The Morgan fingerprint density at radius 3 is 2.54 bits per heavy atom. The number of nitrogens with zero attached hydrogens (tertiary/aromatic N) is 4. The van der Waals surface area contributed by atoms with Crippen LogP contribution in [0.1, 0.15) is 53.0 Å². The van der Waals surface area contributed by atoms with Gasteiger partial charge in [0.05, 0.1) is 11.6 Å². The van der Waals surface area contributed by atoms with Crippen LogP contribution in [0.3, 0.4) is 0 Å². The maximum Gasteiger partial charge on any atom is 0.242 e. The minimum atomic E-state index is 0.0248. The molecule has 0 spiro atoms. The third-order valence-corrected chi connectivity index (χ3v) is 6.29. The predicted octanol–water partition coefficient (Wildman–Crippen LogP) is 4.06. The summed E-state index contributed by atoms with van der Waals surface area (Å²) in [5, 5.41) is 9.65. The second-order valence-corrected chi connectivity index (χ2v) is 8.28. The van der Waals surface area contributed by atoms with Crippen LogP contribution in [0.15, 0.2) is 24.3 Å². The van der Waals surface area contributed by atoms with Gasteiger partial charge in [-0.3, -0.25) is 9.59 Å². The molecule has 1 aromatic carbocycles. The molecule has 0 bridgehead atoms. The van der Waals surface area contributed by atoms with Crippen molar-refractivity contribution in [1.82, 2.24) is 9.88 Å². The van der Waals surface area contributed by atoms with Gasteiger partial charge in [0.2, 0.25) is 5.91 Å². The molecule has 1 amide bonds. The van der Waals surface area contributed by atoms with Crippen molar-refractivity contribution >= 4 is 34.3 Å². The summed E-state index contributed by atoms with van der Waals surface area (Å²) < 4.78 is 0. The normalized spacial score (nSPS) is 14.3. The quantitative estimate of drug-likeness (QED) is 0.688. The highest BCUT2D eigenvalue weighted by Gasteiger charge is 2.25. The van der Waals surface area contributed by atoms with Gasteiger partial charge in [-0.1, -0.05) is 19.3 Å². The Labute approximate surface area is 169 Å². The summed E-state index contributed by atoms with van der Waals surface area (Å²) in [5.74, 6) is 0.0248. The Morgan fingerprint density at radius 2 is 1.96 bits per heavy atom. The van der Waals surface area contributed by atoms with E-state index >= 15 is 0 Å². The van der Waals surface area contributed by atoms with Crippen LogP contribution in [0.25, 0.3) is 0 Å². The lowest BCUT2D eigenvalue weighted by Gasteiger charge is -2.33. The summed E-state index contributed by atoms with van der Waals surface area (Å²) in [4.78, 5) is 33.2. The van der Waals surface area contributed by atoms with Gasteiger partial charge in [-0.25, -0.2) is 4.98 Å². The molecule has 146 valence electrons. The summed E-state index contributed by atoms with van der Waals surface area (Å²) in [7, 11) is 1.87. The molecule has 7 heteroatoms. The van der Waals surface area contributed by atoms with Crippen molar-refractivity contribution in [1.29, 1.82) is 5.26 Å². The Bertz CT molecular complexity index is 879. The van der Waals surface area contributed by atoms with E-state index in [1.165, 1.54) is 17.8 Å². The number of carbonyl (C=O) groups excluding carboxylic acids is 2. The number of aryl methyl sites for hydroxylation is 1. The molecule has 1 heterocycles. The molecule has 1 aliphatic carbocycles. The van der Waals surface area contributed by atoms with Crippen molar-refractivity contribution in [3.63, 3.8) is 0 Å². The van der Waals surface area contributed by atoms with Crippen LogP contribution in [-0.4, -0.2) is 41.7 Å². The van der Waals surface area contributed by atoms with Crippen molar-refractivity contribution in [3.05, 3.63) is 40.4 Å². The molecule has 28 heavy (non-hydrogen) atoms. The van der Waals surface area contributed by atoms with Crippen LogP contribution < -0.4 is 4.90 Å². The van der Waals surface area contributed by atoms with Crippen molar-refractivity contribution in [2.75, 3.05) is 18.5 Å². The number of hydrogen-bond acceptors (Lipinski definition) is 6. The summed E-state index contributed by atoms with van der Waals surface area (Å²) in [6.45, 7) is 1.99. The number of thiazole rings is 1. The van der Waals surface area contributed by atoms with Crippen molar-refractivity contribution in [2.24, 2.45) is 0 Å². The second-order valence-electron chi connectivity index (χ2n) is 7.10. The molecule has 2 aromatic rings. The largest absolute Gasteiger partial charge is 0.341 e. The zero-order valence-corrected chi connectivity index (χ0v) is 17.0. The highest BCUT2D eigenvalue weighted by atomic mass is 32.1. The van der Waals surface area contributed by atoms with E-state index in [0.29, 0.717) is 16.4 Å². The lowest BCUT2D eigenvalue weighted by molar-refractivity contribution is -0.130. The molecule has 0 atom stereocenters. The van der Waals surface area contributed by atoms with Gasteiger partial charge in [0.15, 0.2) is 11.4 Å². The van der Waals surface area contributed by atoms with Crippen LogP contribution >= 0.6 is 11.3 Å². The minimum absolute atomic E-state index is 0.0248. The van der Waals surface area contributed by atoms with Gasteiger partial charge < -0.3 is 9.80 Å². The van der Waals surface area contributed by atoms with Crippen LogP contribution in [0.2, 0.25) is 0 Å². The molecule has 0 radical (unpaired) electrons. The fourth-order valence-corrected chi connectivity index (χ4v) is 4.42. The Morgan fingerprint density at radius 1 is 1.29 bits per heavy atom. The van der Waals surface area contributed by atoms with Gasteiger partial charge in [-0.2, -0.15) is 5.26 Å². The van der Waals surface area contributed by atoms with E-state index in [1.807, 2.05) is 35.9 Å². The van der Waals surface area contributed by atoms with Crippen LogP contribution in [-0.2, 0) is 4.79 Å². The smallest absolute Gasteiger partial charge is 0.242 e. The molecule has 1 aromatic heterocycles. The fourth-order valence-electron chi connectivity index (χ4n) is 3.52. The standard InChI is InChI=1S/C21H24N4O2S/c1-15-19(14-26)23-21(28-15)25(18-10-8-16(12-22)9-11-18)13-20(27)24(2)17-6-4-3-5-7-17/h8-11,14,17H,3-7,13H2,1-2H3. The number of nitriles is 1. The molecule has 1 saturated carbocycles. The summed E-state index contributed by atoms with van der Waals surface area (Å²) in [6.07, 6.45) is 6.40. The SMILES string of the molecule is Cc1sc(N(CC(=O)N(C)C2CCCCC2)c2ccc(C#N)cc2)nc1C=O. The molecule has 0 saturated heterocycles. The number of anilines is 2. The number of aldehydes is 1. The third-order valence-electron chi connectivity index (χ3n) is 5.28. The van der Waals surface area contributed by atoms with Crippen molar-refractivity contribution in [3.8, 4) is 6.07 Å². The lowest BCUT2D eigenvalue weighted by atomic mass is 9.94. The van der Waals surface area contributed by atoms with Gasteiger partial charge >= 0.3 is 0 Å². The summed E-state index contributed by atoms with van der Waals surface area (Å²) in [5.41, 5.74) is 1.72. The van der Waals surface area contributed by atoms with Gasteiger partial charge in [-0.05, 0) is 44.0 Å². The number of benzene rings is 1. The van der Waals surface area contributed by atoms with Gasteiger partial charge in [0.25, 0.3) is 0 Å². The van der Waals surface area contributed by atoms with Crippen LogP contribution in [0, 0.1) is 18.3 Å². The van der Waals surface area contributed by atoms with E-state index in [-0.39, 0.29) is 18.5 Å². The van der Waals surface area contributed by atoms with E-state index in [9.17, 15) is 9.59 Å². The number of hydrogen-bond donors (Lipinski definition) is 0. The molecule has 0 aliphatic heterocycles. The zero-order valence-electron chi connectivity index (χ0n) is 16.2. The predicted molar refractivity (Wildman–Crippen MR) is 110 cm³/mol. The number of rotatable bonds is 6.